The molecule has 2 fully saturated rings. The Balaban J connectivity index is 0.00000261. The van der Waals surface area contributed by atoms with E-state index in [2.05, 4.69) is 15.6 Å². The second-order valence-corrected chi connectivity index (χ2v) is 7.22. The third-order valence-corrected chi connectivity index (χ3v) is 5.22. The van der Waals surface area contributed by atoms with Gasteiger partial charge < -0.3 is 15.5 Å². The van der Waals surface area contributed by atoms with Crippen molar-refractivity contribution in [3.8, 4) is 0 Å². The molecule has 1 aliphatic carbocycles. The smallest absolute Gasteiger partial charge is 0.225 e. The fourth-order valence-corrected chi connectivity index (χ4v) is 3.78. The molecule has 1 saturated carbocycles. The highest BCUT2D eigenvalue weighted by atomic mass is 127. The number of carbonyl (C=O) groups is 1. The molecule has 0 bridgehead atoms. The van der Waals surface area contributed by atoms with E-state index in [0.717, 1.165) is 50.4 Å². The maximum atomic E-state index is 13.0. The van der Waals surface area contributed by atoms with E-state index in [-0.39, 0.29) is 41.8 Å². The number of rotatable bonds is 5. The highest BCUT2D eigenvalue weighted by Crippen LogP contribution is 2.27. The maximum Gasteiger partial charge on any atom is 0.225 e. The zero-order chi connectivity index (χ0) is 18.4. The molecule has 1 unspecified atom stereocenters. The lowest BCUT2D eigenvalue weighted by Gasteiger charge is -2.21. The van der Waals surface area contributed by atoms with E-state index in [1.165, 1.54) is 25.0 Å². The number of nitrogens with one attached hydrogen (secondary N) is 2. The van der Waals surface area contributed by atoms with Crippen LogP contribution in [0.5, 0.6) is 0 Å². The molecule has 2 aliphatic rings. The van der Waals surface area contributed by atoms with Gasteiger partial charge in [-0.05, 0) is 43.9 Å². The molecular weight excluding hydrogens is 458 g/mol. The molecule has 1 heterocycles. The molecule has 1 amide bonds. The number of amides is 1. The van der Waals surface area contributed by atoms with Gasteiger partial charge in [0.1, 0.15) is 5.82 Å². The molecule has 0 aromatic heterocycles. The highest BCUT2D eigenvalue weighted by molar-refractivity contribution is 14.0. The van der Waals surface area contributed by atoms with Crippen molar-refractivity contribution in [2.75, 3.05) is 19.6 Å². The summed E-state index contributed by atoms with van der Waals surface area (Å²) >= 11 is 0. The number of carbonyl (C=O) groups excluding carboxylic acids is 1. The number of likely N-dealkylation sites (tertiary alicyclic amines) is 1. The molecule has 27 heavy (non-hydrogen) atoms. The molecule has 150 valence electrons. The molecule has 1 atom stereocenters. The van der Waals surface area contributed by atoms with Gasteiger partial charge >= 0.3 is 0 Å². The number of hydrogen-bond acceptors (Lipinski definition) is 2. The summed E-state index contributed by atoms with van der Waals surface area (Å²) in [6.45, 7) is 4.86. The van der Waals surface area contributed by atoms with Crippen LogP contribution in [0.3, 0.4) is 0 Å². The molecule has 0 radical (unpaired) electrons. The fraction of sp³-hybridized carbons (Fsp3) is 0.600. The minimum atomic E-state index is -0.235. The van der Waals surface area contributed by atoms with Crippen molar-refractivity contribution in [1.82, 2.24) is 15.5 Å². The Morgan fingerprint density at radius 1 is 1.22 bits per heavy atom. The molecule has 3 rings (SSSR count). The van der Waals surface area contributed by atoms with Gasteiger partial charge in [-0.1, -0.05) is 25.0 Å². The standard InChI is InChI=1S/C20H29FN4O.HI/c1-2-22-20(23-13-15-7-9-17(21)10-8-15)24-18-11-12-25(14-18)19(26)16-5-3-4-6-16;/h7-10,16,18H,2-6,11-14H2,1H3,(H2,22,23,24);1H. The number of guanidine groups is 1. The summed E-state index contributed by atoms with van der Waals surface area (Å²) in [5.74, 6) is 1.09. The van der Waals surface area contributed by atoms with Gasteiger partial charge in [0, 0.05) is 31.6 Å². The number of benzene rings is 1. The van der Waals surface area contributed by atoms with Gasteiger partial charge in [-0.25, -0.2) is 9.38 Å². The van der Waals surface area contributed by atoms with E-state index < -0.39 is 0 Å². The SMILES string of the molecule is CCNC(=NCc1ccc(F)cc1)NC1CCN(C(=O)C2CCCC2)C1.I. The van der Waals surface area contributed by atoms with E-state index in [4.69, 9.17) is 0 Å². The lowest BCUT2D eigenvalue weighted by atomic mass is 10.1. The Bertz CT molecular complexity index is 631. The fourth-order valence-electron chi connectivity index (χ4n) is 3.78. The summed E-state index contributed by atoms with van der Waals surface area (Å²) in [7, 11) is 0. The quantitative estimate of drug-likeness (QED) is 0.380. The van der Waals surface area contributed by atoms with Gasteiger partial charge in [-0.2, -0.15) is 0 Å². The molecule has 5 nitrogen and oxygen atoms in total. The van der Waals surface area contributed by atoms with Crippen molar-refractivity contribution >= 4 is 35.8 Å². The van der Waals surface area contributed by atoms with Gasteiger partial charge in [0.25, 0.3) is 0 Å². The summed E-state index contributed by atoms with van der Waals surface area (Å²) in [5.41, 5.74) is 0.966. The first kappa shape index (κ1) is 21.9. The molecule has 1 aliphatic heterocycles. The average Bonchev–Trinajstić information content (AvgIpc) is 3.33. The summed E-state index contributed by atoms with van der Waals surface area (Å²) in [6, 6.07) is 6.63. The van der Waals surface area contributed by atoms with Crippen molar-refractivity contribution in [2.45, 2.75) is 51.6 Å². The number of hydrogen-bond donors (Lipinski definition) is 2. The maximum absolute atomic E-state index is 13.0. The van der Waals surface area contributed by atoms with Crippen molar-refractivity contribution < 1.29 is 9.18 Å². The lowest BCUT2D eigenvalue weighted by molar-refractivity contribution is -0.134. The Labute approximate surface area is 178 Å². The predicted molar refractivity (Wildman–Crippen MR) is 117 cm³/mol. The Hall–Kier alpha value is -1.38. The van der Waals surface area contributed by atoms with E-state index in [9.17, 15) is 9.18 Å². The van der Waals surface area contributed by atoms with Crippen LogP contribution in [0.2, 0.25) is 0 Å². The number of nitrogens with zero attached hydrogens (tertiary/aromatic N) is 2. The zero-order valence-electron chi connectivity index (χ0n) is 15.9. The second-order valence-electron chi connectivity index (χ2n) is 7.22. The monoisotopic (exact) mass is 488 g/mol. The molecule has 7 heteroatoms. The zero-order valence-corrected chi connectivity index (χ0v) is 18.2. The van der Waals surface area contributed by atoms with Gasteiger partial charge in [-0.15, -0.1) is 24.0 Å². The van der Waals surface area contributed by atoms with Crippen molar-refractivity contribution in [3.05, 3.63) is 35.6 Å². The number of aliphatic imine (C=N–C) groups is 1. The summed E-state index contributed by atoms with van der Waals surface area (Å²) < 4.78 is 13.0. The Kier molecular flexibility index (Phi) is 8.79. The van der Waals surface area contributed by atoms with Crippen LogP contribution in [0.1, 0.15) is 44.6 Å². The highest BCUT2D eigenvalue weighted by Gasteiger charge is 2.32. The van der Waals surface area contributed by atoms with Gasteiger partial charge in [0.15, 0.2) is 5.96 Å². The minimum Gasteiger partial charge on any atom is -0.357 e. The third kappa shape index (κ3) is 6.33. The normalized spacial score (nSPS) is 20.4. The molecule has 1 aromatic carbocycles. The van der Waals surface area contributed by atoms with Gasteiger partial charge in [-0.3, -0.25) is 4.79 Å². The van der Waals surface area contributed by atoms with Crippen LogP contribution in [-0.4, -0.2) is 42.4 Å². The largest absolute Gasteiger partial charge is 0.357 e. The van der Waals surface area contributed by atoms with Crippen LogP contribution >= 0.6 is 24.0 Å². The Morgan fingerprint density at radius 2 is 1.93 bits per heavy atom. The van der Waals surface area contributed by atoms with Crippen LogP contribution in [-0.2, 0) is 11.3 Å². The van der Waals surface area contributed by atoms with Crippen molar-refractivity contribution in [3.63, 3.8) is 0 Å². The third-order valence-electron chi connectivity index (χ3n) is 5.22. The van der Waals surface area contributed by atoms with E-state index in [1.807, 2.05) is 11.8 Å². The summed E-state index contributed by atoms with van der Waals surface area (Å²) in [4.78, 5) is 19.2. The van der Waals surface area contributed by atoms with Gasteiger partial charge in [0.05, 0.1) is 6.54 Å². The molecular formula is C20H30FIN4O. The van der Waals surface area contributed by atoms with Gasteiger partial charge in [0.2, 0.25) is 5.91 Å². The lowest BCUT2D eigenvalue weighted by Crippen LogP contribution is -2.45. The molecule has 2 N–H and O–H groups in total. The topological polar surface area (TPSA) is 56.7 Å². The molecule has 1 aromatic rings. The van der Waals surface area contributed by atoms with Crippen molar-refractivity contribution in [1.29, 1.82) is 0 Å². The van der Waals surface area contributed by atoms with E-state index in [0.29, 0.717) is 12.5 Å². The Morgan fingerprint density at radius 3 is 2.59 bits per heavy atom. The molecule has 1 saturated heterocycles. The first-order chi connectivity index (χ1) is 12.7. The van der Waals surface area contributed by atoms with Crippen molar-refractivity contribution in [2.24, 2.45) is 10.9 Å². The summed E-state index contributed by atoms with van der Waals surface area (Å²) in [6.07, 6.45) is 5.42. The molecule has 0 spiro atoms. The minimum absolute atomic E-state index is 0. The number of halogens is 2. The van der Waals surface area contributed by atoms with Crippen LogP contribution < -0.4 is 10.6 Å². The summed E-state index contributed by atoms with van der Waals surface area (Å²) in [5, 5.41) is 6.70. The van der Waals surface area contributed by atoms with Crippen LogP contribution in [0, 0.1) is 11.7 Å². The van der Waals surface area contributed by atoms with Crippen LogP contribution in [0.15, 0.2) is 29.3 Å². The predicted octanol–water partition coefficient (Wildman–Crippen LogP) is 3.29. The van der Waals surface area contributed by atoms with E-state index in [1.54, 1.807) is 12.1 Å². The second kappa shape index (κ2) is 10.8. The van der Waals surface area contributed by atoms with E-state index >= 15 is 0 Å². The first-order valence-corrected chi connectivity index (χ1v) is 9.73. The van der Waals surface area contributed by atoms with Crippen LogP contribution in [0.4, 0.5) is 4.39 Å². The van der Waals surface area contributed by atoms with Crippen LogP contribution in [0.25, 0.3) is 0 Å². The average molecular weight is 488 g/mol. The first-order valence-electron chi connectivity index (χ1n) is 9.73.